The maximum Gasteiger partial charge on any atom is 0.124 e. The first-order valence-corrected chi connectivity index (χ1v) is 5.87. The van der Waals surface area contributed by atoms with Crippen molar-refractivity contribution < 1.29 is 4.39 Å². The van der Waals surface area contributed by atoms with Gasteiger partial charge in [0.2, 0.25) is 0 Å². The van der Waals surface area contributed by atoms with Gasteiger partial charge < -0.3 is 10.6 Å². The standard InChI is InChI=1S/C11H21FN2/c12-11(9-13)5-2-7-14(8-6-11)10-3-1-4-10/h10H,1-9,13H2. The highest BCUT2D eigenvalue weighted by molar-refractivity contribution is 4.88. The molecule has 0 aromatic heterocycles. The number of hydrogen-bond acceptors (Lipinski definition) is 2. The van der Waals surface area contributed by atoms with Gasteiger partial charge in [-0.2, -0.15) is 0 Å². The minimum Gasteiger partial charge on any atom is -0.328 e. The third-order valence-electron chi connectivity index (χ3n) is 3.87. The minimum absolute atomic E-state index is 0.200. The molecule has 1 aliphatic heterocycles. The smallest absolute Gasteiger partial charge is 0.124 e. The van der Waals surface area contributed by atoms with Crippen molar-refractivity contribution in [3.63, 3.8) is 0 Å². The van der Waals surface area contributed by atoms with Gasteiger partial charge in [0.1, 0.15) is 5.67 Å². The Morgan fingerprint density at radius 3 is 2.57 bits per heavy atom. The van der Waals surface area contributed by atoms with Gasteiger partial charge in [-0.05, 0) is 38.6 Å². The first kappa shape index (κ1) is 10.4. The summed E-state index contributed by atoms with van der Waals surface area (Å²) in [5.41, 5.74) is 4.41. The Morgan fingerprint density at radius 1 is 1.21 bits per heavy atom. The SMILES string of the molecule is NCC1(F)CCCN(C2CCC2)CC1. The van der Waals surface area contributed by atoms with Crippen molar-refractivity contribution in [3.8, 4) is 0 Å². The fraction of sp³-hybridized carbons (Fsp3) is 1.00. The largest absolute Gasteiger partial charge is 0.328 e. The van der Waals surface area contributed by atoms with Crippen LogP contribution in [0.1, 0.15) is 38.5 Å². The Labute approximate surface area is 85.6 Å². The van der Waals surface area contributed by atoms with Crippen molar-refractivity contribution in [3.05, 3.63) is 0 Å². The third-order valence-corrected chi connectivity index (χ3v) is 3.87. The third kappa shape index (κ3) is 2.09. The summed E-state index contributed by atoms with van der Waals surface area (Å²) in [6, 6.07) is 0.759. The monoisotopic (exact) mass is 200 g/mol. The van der Waals surface area contributed by atoms with E-state index >= 15 is 0 Å². The van der Waals surface area contributed by atoms with Gasteiger partial charge in [-0.3, -0.25) is 0 Å². The lowest BCUT2D eigenvalue weighted by Gasteiger charge is -2.37. The van der Waals surface area contributed by atoms with Gasteiger partial charge >= 0.3 is 0 Å². The van der Waals surface area contributed by atoms with E-state index in [0.717, 1.165) is 25.6 Å². The van der Waals surface area contributed by atoms with Crippen LogP contribution in [0.4, 0.5) is 4.39 Å². The van der Waals surface area contributed by atoms with E-state index in [4.69, 9.17) is 5.73 Å². The molecule has 14 heavy (non-hydrogen) atoms. The van der Waals surface area contributed by atoms with Crippen LogP contribution in [0.3, 0.4) is 0 Å². The molecule has 1 atom stereocenters. The molecule has 0 amide bonds. The fourth-order valence-electron chi connectivity index (χ4n) is 2.50. The lowest BCUT2D eigenvalue weighted by atomic mass is 9.91. The second-order valence-corrected chi connectivity index (χ2v) is 4.83. The molecule has 0 aromatic rings. The zero-order valence-electron chi connectivity index (χ0n) is 8.84. The minimum atomic E-state index is -1.07. The van der Waals surface area contributed by atoms with Crippen molar-refractivity contribution in [1.82, 2.24) is 4.90 Å². The molecular weight excluding hydrogens is 179 g/mol. The topological polar surface area (TPSA) is 29.3 Å². The van der Waals surface area contributed by atoms with Gasteiger partial charge in [0.25, 0.3) is 0 Å². The summed E-state index contributed by atoms with van der Waals surface area (Å²) in [5.74, 6) is 0. The van der Waals surface area contributed by atoms with E-state index in [2.05, 4.69) is 4.90 Å². The predicted molar refractivity (Wildman–Crippen MR) is 56.0 cm³/mol. The van der Waals surface area contributed by atoms with E-state index in [9.17, 15) is 4.39 Å². The molecule has 0 aromatic carbocycles. The molecule has 1 unspecified atom stereocenters. The van der Waals surface area contributed by atoms with E-state index in [0.29, 0.717) is 12.8 Å². The highest BCUT2D eigenvalue weighted by Gasteiger charge is 2.34. The Morgan fingerprint density at radius 2 is 2.00 bits per heavy atom. The number of rotatable bonds is 2. The van der Waals surface area contributed by atoms with Crippen molar-refractivity contribution in [2.45, 2.75) is 50.2 Å². The summed E-state index contributed by atoms with van der Waals surface area (Å²) in [6.45, 7) is 2.19. The normalized spacial score (nSPS) is 36.4. The van der Waals surface area contributed by atoms with Crippen LogP contribution in [-0.2, 0) is 0 Å². The van der Waals surface area contributed by atoms with Crippen LogP contribution in [0.25, 0.3) is 0 Å². The molecule has 0 radical (unpaired) electrons. The second kappa shape index (κ2) is 4.15. The van der Waals surface area contributed by atoms with E-state index < -0.39 is 5.67 Å². The van der Waals surface area contributed by atoms with Crippen molar-refractivity contribution >= 4 is 0 Å². The summed E-state index contributed by atoms with van der Waals surface area (Å²) >= 11 is 0. The Balaban J connectivity index is 1.87. The molecule has 2 aliphatic rings. The maximum atomic E-state index is 14.0. The molecule has 2 nitrogen and oxygen atoms in total. The molecule has 2 rings (SSSR count). The lowest BCUT2D eigenvalue weighted by molar-refractivity contribution is 0.113. The molecule has 1 heterocycles. The summed E-state index contributed by atoms with van der Waals surface area (Å²) in [4.78, 5) is 2.47. The van der Waals surface area contributed by atoms with Crippen molar-refractivity contribution in [2.24, 2.45) is 5.73 Å². The molecule has 2 N–H and O–H groups in total. The second-order valence-electron chi connectivity index (χ2n) is 4.83. The van der Waals surface area contributed by atoms with Crippen LogP contribution >= 0.6 is 0 Å². The van der Waals surface area contributed by atoms with Gasteiger partial charge in [0, 0.05) is 19.1 Å². The number of halogens is 1. The van der Waals surface area contributed by atoms with Crippen molar-refractivity contribution in [1.29, 1.82) is 0 Å². The van der Waals surface area contributed by atoms with Crippen LogP contribution in [-0.4, -0.2) is 36.2 Å². The van der Waals surface area contributed by atoms with E-state index in [-0.39, 0.29) is 6.54 Å². The summed E-state index contributed by atoms with van der Waals surface area (Å²) in [7, 11) is 0. The Hall–Kier alpha value is -0.150. The first-order chi connectivity index (χ1) is 6.73. The van der Waals surface area contributed by atoms with Crippen molar-refractivity contribution in [2.75, 3.05) is 19.6 Å². The fourth-order valence-corrected chi connectivity index (χ4v) is 2.50. The molecule has 1 saturated heterocycles. The Kier molecular flexibility index (Phi) is 3.07. The number of hydrogen-bond donors (Lipinski definition) is 1. The molecule has 1 saturated carbocycles. The summed E-state index contributed by atoms with van der Waals surface area (Å²) < 4.78 is 14.0. The van der Waals surface area contributed by atoms with E-state index in [1.54, 1.807) is 0 Å². The number of likely N-dealkylation sites (tertiary alicyclic amines) is 1. The van der Waals surface area contributed by atoms with Gasteiger partial charge in [0.15, 0.2) is 0 Å². The first-order valence-electron chi connectivity index (χ1n) is 5.87. The van der Waals surface area contributed by atoms with E-state index in [1.165, 1.54) is 19.3 Å². The predicted octanol–water partition coefficient (Wildman–Crippen LogP) is 1.69. The average Bonchev–Trinajstić information content (AvgIpc) is 2.27. The van der Waals surface area contributed by atoms with Gasteiger partial charge in [-0.15, -0.1) is 0 Å². The highest BCUT2D eigenvalue weighted by Crippen LogP contribution is 2.31. The highest BCUT2D eigenvalue weighted by atomic mass is 19.1. The average molecular weight is 200 g/mol. The molecular formula is C11H21FN2. The van der Waals surface area contributed by atoms with Crippen LogP contribution in [0.5, 0.6) is 0 Å². The van der Waals surface area contributed by atoms with Gasteiger partial charge in [0.05, 0.1) is 0 Å². The Bertz CT molecular complexity index is 194. The molecule has 0 spiro atoms. The molecule has 3 heteroatoms. The molecule has 2 fully saturated rings. The molecule has 1 aliphatic carbocycles. The maximum absolute atomic E-state index is 14.0. The van der Waals surface area contributed by atoms with Gasteiger partial charge in [-0.1, -0.05) is 6.42 Å². The van der Waals surface area contributed by atoms with Crippen LogP contribution in [0.2, 0.25) is 0 Å². The summed E-state index contributed by atoms with van der Waals surface area (Å²) in [6.07, 6.45) is 6.28. The molecule has 82 valence electrons. The van der Waals surface area contributed by atoms with Crippen LogP contribution in [0, 0.1) is 0 Å². The number of alkyl halides is 1. The van der Waals surface area contributed by atoms with E-state index in [1.807, 2.05) is 0 Å². The zero-order chi connectivity index (χ0) is 10.0. The van der Waals surface area contributed by atoms with Crippen LogP contribution in [0.15, 0.2) is 0 Å². The quantitative estimate of drug-likeness (QED) is 0.735. The molecule has 0 bridgehead atoms. The van der Waals surface area contributed by atoms with Gasteiger partial charge in [-0.25, -0.2) is 4.39 Å². The zero-order valence-corrected chi connectivity index (χ0v) is 8.84. The number of nitrogens with two attached hydrogens (primary N) is 1. The lowest BCUT2D eigenvalue weighted by Crippen LogP contribution is -2.41. The van der Waals surface area contributed by atoms with Crippen LogP contribution < -0.4 is 5.73 Å². The summed E-state index contributed by atoms with van der Waals surface area (Å²) in [5, 5.41) is 0. The number of nitrogens with zero attached hydrogens (tertiary/aromatic N) is 1.